The second-order valence-electron chi connectivity index (χ2n) is 7.13. The quantitative estimate of drug-likeness (QED) is 0.663. The molecular formula is C22H24FN3O. The average Bonchev–Trinajstić information content (AvgIpc) is 3.07. The fourth-order valence-electron chi connectivity index (χ4n) is 2.98. The van der Waals surface area contributed by atoms with Gasteiger partial charge in [-0.05, 0) is 44.0 Å². The van der Waals surface area contributed by atoms with Crippen LogP contribution in [0.5, 0.6) is 0 Å². The molecular weight excluding hydrogens is 341 g/mol. The van der Waals surface area contributed by atoms with Gasteiger partial charge in [-0.25, -0.2) is 9.37 Å². The van der Waals surface area contributed by atoms with Gasteiger partial charge in [-0.2, -0.15) is 0 Å². The predicted octanol–water partition coefficient (Wildman–Crippen LogP) is 4.59. The minimum absolute atomic E-state index is 0.00705. The number of imidazole rings is 1. The molecule has 27 heavy (non-hydrogen) atoms. The van der Waals surface area contributed by atoms with Gasteiger partial charge in [-0.3, -0.25) is 4.79 Å². The van der Waals surface area contributed by atoms with Gasteiger partial charge in [0.25, 0.3) is 5.91 Å². The molecule has 0 N–H and O–H groups in total. The maximum Gasteiger partial charge on any atom is 0.274 e. The summed E-state index contributed by atoms with van der Waals surface area (Å²) >= 11 is 0. The molecule has 0 atom stereocenters. The Labute approximate surface area is 159 Å². The lowest BCUT2D eigenvalue weighted by molar-refractivity contribution is 0.0684. The number of hydrogen-bond acceptors (Lipinski definition) is 2. The molecule has 1 amide bonds. The molecule has 5 heteroatoms. The zero-order valence-corrected chi connectivity index (χ0v) is 16.1. The average molecular weight is 365 g/mol. The van der Waals surface area contributed by atoms with Crippen molar-refractivity contribution in [1.29, 1.82) is 0 Å². The smallest absolute Gasteiger partial charge is 0.274 e. The van der Waals surface area contributed by atoms with Crippen LogP contribution in [0.4, 0.5) is 4.39 Å². The second kappa shape index (κ2) is 7.74. The van der Waals surface area contributed by atoms with Gasteiger partial charge in [0, 0.05) is 31.4 Å². The van der Waals surface area contributed by atoms with Gasteiger partial charge in [-0.1, -0.05) is 35.9 Å². The number of benzene rings is 2. The number of amides is 1. The molecule has 1 aromatic heterocycles. The number of halogens is 1. The van der Waals surface area contributed by atoms with Gasteiger partial charge >= 0.3 is 0 Å². The fraction of sp³-hybridized carbons (Fsp3) is 0.273. The number of rotatable bonds is 5. The molecule has 0 fully saturated rings. The molecule has 4 nitrogen and oxygen atoms in total. The Hall–Kier alpha value is -2.95. The van der Waals surface area contributed by atoms with Crippen molar-refractivity contribution in [2.24, 2.45) is 7.05 Å². The topological polar surface area (TPSA) is 38.1 Å². The number of carbonyl (C=O) groups is 1. The highest BCUT2D eigenvalue weighted by molar-refractivity contribution is 5.92. The van der Waals surface area contributed by atoms with E-state index in [1.807, 2.05) is 58.2 Å². The number of aromatic nitrogens is 2. The minimum atomic E-state index is -0.269. The first-order chi connectivity index (χ1) is 12.8. The molecule has 0 unspecified atom stereocenters. The summed E-state index contributed by atoms with van der Waals surface area (Å²) in [5.41, 5.74) is 3.79. The summed E-state index contributed by atoms with van der Waals surface area (Å²) in [6.45, 7) is 6.32. The van der Waals surface area contributed by atoms with E-state index in [1.165, 1.54) is 6.07 Å². The molecule has 2 aromatic carbocycles. The van der Waals surface area contributed by atoms with Crippen molar-refractivity contribution >= 4 is 5.91 Å². The molecule has 0 saturated carbocycles. The highest BCUT2D eigenvalue weighted by atomic mass is 19.1. The Morgan fingerprint density at radius 3 is 2.48 bits per heavy atom. The van der Waals surface area contributed by atoms with E-state index in [2.05, 4.69) is 4.98 Å². The lowest BCUT2D eigenvalue weighted by Gasteiger charge is -2.26. The Morgan fingerprint density at radius 2 is 1.89 bits per heavy atom. The van der Waals surface area contributed by atoms with Crippen molar-refractivity contribution in [3.8, 4) is 11.1 Å². The van der Waals surface area contributed by atoms with Crippen LogP contribution in [-0.4, -0.2) is 26.4 Å². The molecule has 0 radical (unpaired) electrons. The molecule has 0 aliphatic rings. The summed E-state index contributed by atoms with van der Waals surface area (Å²) in [7, 11) is 1.83. The lowest BCUT2D eigenvalue weighted by atomic mass is 10.0. The first-order valence-corrected chi connectivity index (χ1v) is 8.99. The van der Waals surface area contributed by atoms with E-state index in [0.717, 1.165) is 16.7 Å². The Bertz CT molecular complexity index is 944. The SMILES string of the molecule is Cc1ccc(-c2cc(CN(C(=O)c3cn(C)cn3)C(C)C)ccc2F)cc1. The molecule has 0 bridgehead atoms. The van der Waals surface area contributed by atoms with Gasteiger partial charge in [0.05, 0.1) is 6.33 Å². The number of nitrogens with zero attached hydrogens (tertiary/aromatic N) is 3. The third-order valence-electron chi connectivity index (χ3n) is 4.55. The van der Waals surface area contributed by atoms with Gasteiger partial charge < -0.3 is 9.47 Å². The van der Waals surface area contributed by atoms with Crippen LogP contribution in [0, 0.1) is 12.7 Å². The van der Waals surface area contributed by atoms with Crippen LogP contribution in [0.1, 0.15) is 35.5 Å². The third-order valence-corrected chi connectivity index (χ3v) is 4.55. The summed E-state index contributed by atoms with van der Waals surface area (Å²) < 4.78 is 16.1. The second-order valence-corrected chi connectivity index (χ2v) is 7.13. The maximum atomic E-state index is 14.4. The number of hydrogen-bond donors (Lipinski definition) is 0. The van der Waals surface area contributed by atoms with Gasteiger partial charge in [-0.15, -0.1) is 0 Å². The van der Waals surface area contributed by atoms with Gasteiger partial charge in [0.2, 0.25) is 0 Å². The van der Waals surface area contributed by atoms with Crippen molar-refractivity contribution in [2.75, 3.05) is 0 Å². The molecule has 0 aliphatic carbocycles. The predicted molar refractivity (Wildman–Crippen MR) is 105 cm³/mol. The molecule has 0 saturated heterocycles. The minimum Gasteiger partial charge on any atom is -0.340 e. The van der Waals surface area contributed by atoms with Crippen LogP contribution >= 0.6 is 0 Å². The summed E-state index contributed by atoms with van der Waals surface area (Å²) in [6, 6.07) is 12.8. The monoisotopic (exact) mass is 365 g/mol. The van der Waals surface area contributed by atoms with Crippen molar-refractivity contribution in [3.63, 3.8) is 0 Å². The lowest BCUT2D eigenvalue weighted by Crippen LogP contribution is -2.36. The van der Waals surface area contributed by atoms with Crippen LogP contribution in [0.15, 0.2) is 55.0 Å². The molecule has 3 rings (SSSR count). The van der Waals surface area contributed by atoms with E-state index in [-0.39, 0.29) is 17.8 Å². The maximum absolute atomic E-state index is 14.4. The third kappa shape index (κ3) is 4.25. The molecule has 140 valence electrons. The van der Waals surface area contributed by atoms with Crippen molar-refractivity contribution in [2.45, 2.75) is 33.4 Å². The van der Waals surface area contributed by atoms with E-state index in [9.17, 15) is 9.18 Å². The largest absolute Gasteiger partial charge is 0.340 e. The molecule has 1 heterocycles. The van der Waals surface area contributed by atoms with Crippen molar-refractivity contribution in [3.05, 3.63) is 77.6 Å². The van der Waals surface area contributed by atoms with Crippen LogP contribution in [0.2, 0.25) is 0 Å². The number of carbonyl (C=O) groups excluding carboxylic acids is 1. The summed E-state index contributed by atoms with van der Waals surface area (Å²) in [5, 5.41) is 0. The fourth-order valence-corrected chi connectivity index (χ4v) is 2.98. The van der Waals surface area contributed by atoms with Crippen molar-refractivity contribution < 1.29 is 9.18 Å². The van der Waals surface area contributed by atoms with Gasteiger partial charge in [0.1, 0.15) is 11.5 Å². The normalized spacial score (nSPS) is 11.0. The number of aryl methyl sites for hydroxylation is 2. The zero-order valence-electron chi connectivity index (χ0n) is 16.1. The van der Waals surface area contributed by atoms with Crippen LogP contribution in [-0.2, 0) is 13.6 Å². The Morgan fingerprint density at radius 1 is 1.19 bits per heavy atom. The van der Waals surface area contributed by atoms with E-state index in [4.69, 9.17) is 0 Å². The zero-order chi connectivity index (χ0) is 19.6. The summed E-state index contributed by atoms with van der Waals surface area (Å²) in [5.74, 6) is -0.401. The van der Waals surface area contributed by atoms with E-state index >= 15 is 0 Å². The highest BCUT2D eigenvalue weighted by Gasteiger charge is 2.21. The first-order valence-electron chi connectivity index (χ1n) is 8.99. The van der Waals surface area contributed by atoms with Crippen LogP contribution in [0.3, 0.4) is 0 Å². The van der Waals surface area contributed by atoms with Crippen LogP contribution in [0.25, 0.3) is 11.1 Å². The van der Waals surface area contributed by atoms with Crippen LogP contribution < -0.4 is 0 Å². The van der Waals surface area contributed by atoms with E-state index < -0.39 is 0 Å². The summed E-state index contributed by atoms with van der Waals surface area (Å²) in [6.07, 6.45) is 3.32. The Balaban J connectivity index is 1.89. The van der Waals surface area contributed by atoms with E-state index in [1.54, 1.807) is 28.1 Å². The molecule has 0 aliphatic heterocycles. The van der Waals surface area contributed by atoms with E-state index in [0.29, 0.717) is 17.8 Å². The van der Waals surface area contributed by atoms with Crippen molar-refractivity contribution in [1.82, 2.24) is 14.5 Å². The standard InChI is InChI=1S/C22H24FN3O/c1-15(2)26(22(27)21-13-25(4)14-24-21)12-17-7-10-20(23)19(11-17)18-8-5-16(3)6-9-18/h5-11,13-15H,12H2,1-4H3. The summed E-state index contributed by atoms with van der Waals surface area (Å²) in [4.78, 5) is 18.7. The first kappa shape index (κ1) is 18.8. The highest BCUT2D eigenvalue weighted by Crippen LogP contribution is 2.25. The Kier molecular flexibility index (Phi) is 5.40. The molecule has 3 aromatic rings. The molecule has 0 spiro atoms. The van der Waals surface area contributed by atoms with Gasteiger partial charge in [0.15, 0.2) is 0 Å².